The summed E-state index contributed by atoms with van der Waals surface area (Å²) in [5.74, 6) is 0.305. The van der Waals surface area contributed by atoms with Gasteiger partial charge in [0, 0.05) is 12.6 Å². The van der Waals surface area contributed by atoms with Crippen molar-refractivity contribution < 1.29 is 9.53 Å². The molecule has 1 aliphatic rings. The highest BCUT2D eigenvalue weighted by Crippen LogP contribution is 2.25. The zero-order valence-corrected chi connectivity index (χ0v) is 12.2. The summed E-state index contributed by atoms with van der Waals surface area (Å²) in [5.41, 5.74) is 6.79. The van der Waals surface area contributed by atoms with E-state index in [-0.39, 0.29) is 11.9 Å². The second-order valence-corrected chi connectivity index (χ2v) is 5.31. The van der Waals surface area contributed by atoms with Gasteiger partial charge >= 0.3 is 0 Å². The molecular formula is C15H23N3O2. The molecule has 2 rings (SSSR count). The van der Waals surface area contributed by atoms with Crippen LogP contribution in [0.5, 0.6) is 5.75 Å². The lowest BCUT2D eigenvalue weighted by atomic mass is 10.1. The summed E-state index contributed by atoms with van der Waals surface area (Å²) in [4.78, 5) is 14.7. The van der Waals surface area contributed by atoms with Crippen molar-refractivity contribution in [2.75, 3.05) is 32.5 Å². The molecule has 1 aliphatic heterocycles. The second kappa shape index (κ2) is 6.61. The Balaban J connectivity index is 1.98. The Labute approximate surface area is 120 Å². The monoisotopic (exact) mass is 277 g/mol. The van der Waals surface area contributed by atoms with Crippen molar-refractivity contribution in [3.05, 3.63) is 23.8 Å². The lowest BCUT2D eigenvalue weighted by Crippen LogP contribution is -2.41. The third-order valence-corrected chi connectivity index (χ3v) is 3.60. The summed E-state index contributed by atoms with van der Waals surface area (Å²) in [6, 6.07) is 5.32. The number of hydrogen-bond donors (Lipinski definition) is 2. The van der Waals surface area contributed by atoms with Crippen molar-refractivity contribution in [2.45, 2.75) is 25.8 Å². The van der Waals surface area contributed by atoms with Crippen molar-refractivity contribution in [2.24, 2.45) is 0 Å². The van der Waals surface area contributed by atoms with Gasteiger partial charge in [0.05, 0.1) is 18.4 Å². The van der Waals surface area contributed by atoms with Crippen molar-refractivity contribution in [1.82, 2.24) is 10.2 Å². The zero-order chi connectivity index (χ0) is 14.5. The van der Waals surface area contributed by atoms with Crippen LogP contribution in [0, 0.1) is 0 Å². The van der Waals surface area contributed by atoms with Crippen LogP contribution in [0.3, 0.4) is 0 Å². The fraction of sp³-hybridized carbons (Fsp3) is 0.533. The first-order chi connectivity index (χ1) is 9.61. The number of hydrogen-bond acceptors (Lipinski definition) is 4. The largest absolute Gasteiger partial charge is 0.494 e. The standard InChI is InChI=1S/C15H23N3O2/c1-11(10-18-8-3-4-9-18)17-15(19)12-6-5-7-13(16)14(12)20-2/h5-7,11H,3-4,8-10,16H2,1-2H3,(H,17,19). The van der Waals surface area contributed by atoms with Crippen LogP contribution in [0.2, 0.25) is 0 Å². The molecule has 0 spiro atoms. The third kappa shape index (κ3) is 3.42. The number of nitrogens with two attached hydrogens (primary N) is 1. The number of rotatable bonds is 5. The molecular weight excluding hydrogens is 254 g/mol. The number of amides is 1. The van der Waals surface area contributed by atoms with Crippen molar-refractivity contribution in [3.8, 4) is 5.75 Å². The van der Waals surface area contributed by atoms with Crippen LogP contribution in [0.1, 0.15) is 30.1 Å². The fourth-order valence-electron chi connectivity index (χ4n) is 2.66. The molecule has 1 amide bonds. The average Bonchev–Trinajstić information content (AvgIpc) is 2.90. The number of carbonyl (C=O) groups is 1. The number of nitrogen functional groups attached to an aromatic ring is 1. The molecule has 5 heteroatoms. The summed E-state index contributed by atoms with van der Waals surface area (Å²) in [5, 5.41) is 3.01. The van der Waals surface area contributed by atoms with E-state index in [1.165, 1.54) is 20.0 Å². The van der Waals surface area contributed by atoms with E-state index in [1.54, 1.807) is 18.2 Å². The molecule has 1 fully saturated rings. The van der Waals surface area contributed by atoms with Gasteiger partial charge in [-0.25, -0.2) is 0 Å². The Morgan fingerprint density at radius 3 is 2.80 bits per heavy atom. The number of benzene rings is 1. The summed E-state index contributed by atoms with van der Waals surface area (Å²) in [6.07, 6.45) is 2.51. The number of likely N-dealkylation sites (tertiary alicyclic amines) is 1. The lowest BCUT2D eigenvalue weighted by molar-refractivity contribution is 0.0929. The van der Waals surface area contributed by atoms with Crippen LogP contribution in [0.15, 0.2) is 18.2 Å². The maximum atomic E-state index is 12.3. The van der Waals surface area contributed by atoms with Crippen molar-refractivity contribution >= 4 is 11.6 Å². The van der Waals surface area contributed by atoms with Crippen molar-refractivity contribution in [3.63, 3.8) is 0 Å². The summed E-state index contributed by atoms with van der Waals surface area (Å²) < 4.78 is 5.22. The minimum atomic E-state index is -0.138. The Hall–Kier alpha value is -1.75. The van der Waals surface area contributed by atoms with Gasteiger partial charge in [-0.15, -0.1) is 0 Å². The normalized spacial score (nSPS) is 16.9. The highest BCUT2D eigenvalue weighted by molar-refractivity contribution is 5.98. The number of para-hydroxylation sites is 1. The van der Waals surface area contributed by atoms with Crippen LogP contribution >= 0.6 is 0 Å². The van der Waals surface area contributed by atoms with Crippen LogP contribution in [-0.2, 0) is 0 Å². The average molecular weight is 277 g/mol. The summed E-state index contributed by atoms with van der Waals surface area (Å²) >= 11 is 0. The zero-order valence-electron chi connectivity index (χ0n) is 12.2. The predicted octanol–water partition coefficient (Wildman–Crippen LogP) is 1.49. The minimum Gasteiger partial charge on any atom is -0.494 e. The Morgan fingerprint density at radius 1 is 1.45 bits per heavy atom. The van der Waals surface area contributed by atoms with Gasteiger partial charge in [0.15, 0.2) is 5.75 Å². The number of anilines is 1. The molecule has 0 aliphatic carbocycles. The van der Waals surface area contributed by atoms with Gasteiger partial charge in [-0.05, 0) is 45.0 Å². The first-order valence-corrected chi connectivity index (χ1v) is 7.07. The van der Waals surface area contributed by atoms with Crippen molar-refractivity contribution in [1.29, 1.82) is 0 Å². The van der Waals surface area contributed by atoms with Crippen LogP contribution < -0.4 is 15.8 Å². The predicted molar refractivity (Wildman–Crippen MR) is 80.0 cm³/mol. The van der Waals surface area contributed by atoms with E-state index in [0.717, 1.165) is 19.6 Å². The molecule has 20 heavy (non-hydrogen) atoms. The Morgan fingerprint density at radius 2 is 2.15 bits per heavy atom. The van der Waals surface area contributed by atoms with E-state index in [9.17, 15) is 4.79 Å². The first kappa shape index (κ1) is 14.7. The van der Waals surface area contributed by atoms with Gasteiger partial charge < -0.3 is 20.7 Å². The van der Waals surface area contributed by atoms with E-state index >= 15 is 0 Å². The Kier molecular flexibility index (Phi) is 4.84. The first-order valence-electron chi connectivity index (χ1n) is 7.07. The number of nitrogens with zero attached hydrogens (tertiary/aromatic N) is 1. The fourth-order valence-corrected chi connectivity index (χ4v) is 2.66. The molecule has 1 aromatic rings. The molecule has 0 bridgehead atoms. The van der Waals surface area contributed by atoms with Gasteiger partial charge in [0.2, 0.25) is 0 Å². The highest BCUT2D eigenvalue weighted by Gasteiger charge is 2.19. The van der Waals surface area contributed by atoms with E-state index in [1.807, 2.05) is 6.92 Å². The summed E-state index contributed by atoms with van der Waals surface area (Å²) in [6.45, 7) is 5.16. The Bertz CT molecular complexity index is 470. The van der Waals surface area contributed by atoms with E-state index < -0.39 is 0 Å². The number of methoxy groups -OCH3 is 1. The number of nitrogens with one attached hydrogen (secondary N) is 1. The van der Waals surface area contributed by atoms with Gasteiger partial charge in [-0.2, -0.15) is 0 Å². The van der Waals surface area contributed by atoms with Crippen LogP contribution in [0.4, 0.5) is 5.69 Å². The summed E-state index contributed by atoms with van der Waals surface area (Å²) in [7, 11) is 1.52. The molecule has 0 saturated carbocycles. The van der Waals surface area contributed by atoms with Gasteiger partial charge in [0.1, 0.15) is 0 Å². The quantitative estimate of drug-likeness (QED) is 0.800. The maximum Gasteiger partial charge on any atom is 0.255 e. The molecule has 1 heterocycles. The van der Waals surface area contributed by atoms with Gasteiger partial charge in [0.25, 0.3) is 5.91 Å². The molecule has 1 aromatic carbocycles. The molecule has 0 radical (unpaired) electrons. The van der Waals surface area contributed by atoms with Crippen LogP contribution in [-0.4, -0.2) is 43.6 Å². The van der Waals surface area contributed by atoms with Crippen LogP contribution in [0.25, 0.3) is 0 Å². The SMILES string of the molecule is COc1c(N)cccc1C(=O)NC(C)CN1CCCC1. The molecule has 1 unspecified atom stereocenters. The van der Waals surface area contributed by atoms with Gasteiger partial charge in [-0.3, -0.25) is 4.79 Å². The molecule has 3 N–H and O–H groups in total. The third-order valence-electron chi connectivity index (χ3n) is 3.60. The number of ether oxygens (including phenoxy) is 1. The van der Waals surface area contributed by atoms with E-state index in [0.29, 0.717) is 17.0 Å². The number of carbonyl (C=O) groups excluding carboxylic acids is 1. The highest BCUT2D eigenvalue weighted by atomic mass is 16.5. The molecule has 5 nitrogen and oxygen atoms in total. The second-order valence-electron chi connectivity index (χ2n) is 5.31. The smallest absolute Gasteiger partial charge is 0.255 e. The van der Waals surface area contributed by atoms with E-state index in [4.69, 9.17) is 10.5 Å². The molecule has 110 valence electrons. The van der Waals surface area contributed by atoms with Gasteiger partial charge in [-0.1, -0.05) is 6.07 Å². The van der Waals surface area contributed by atoms with E-state index in [2.05, 4.69) is 10.2 Å². The molecule has 0 aromatic heterocycles. The lowest BCUT2D eigenvalue weighted by Gasteiger charge is -2.21. The minimum absolute atomic E-state index is 0.103. The topological polar surface area (TPSA) is 67.6 Å². The molecule has 1 saturated heterocycles. The maximum absolute atomic E-state index is 12.3. The molecule has 1 atom stereocenters.